The molecule has 1 unspecified atom stereocenters. The first kappa shape index (κ1) is 17.3. The smallest absolute Gasteiger partial charge is 0.206 e. The van der Waals surface area contributed by atoms with Gasteiger partial charge in [-0.15, -0.1) is 0 Å². The van der Waals surface area contributed by atoms with Gasteiger partial charge < -0.3 is 19.3 Å². The second-order valence-corrected chi connectivity index (χ2v) is 7.61. The Balaban J connectivity index is 3.09. The zero-order valence-electron chi connectivity index (χ0n) is 14.7. The van der Waals surface area contributed by atoms with Gasteiger partial charge in [0.05, 0.1) is 11.2 Å². The van der Waals surface area contributed by atoms with Gasteiger partial charge in [-0.3, -0.25) is 0 Å². The van der Waals surface area contributed by atoms with Gasteiger partial charge in [-0.2, -0.15) is 0 Å². The SMILES string of the molecule is CCN1C=CN(C)C1C(C)(OC(C)(C)C)OC(C)(C)C. The van der Waals surface area contributed by atoms with E-state index in [9.17, 15) is 0 Å². The molecule has 1 aliphatic rings. The van der Waals surface area contributed by atoms with Crippen LogP contribution in [0.2, 0.25) is 0 Å². The van der Waals surface area contributed by atoms with Crippen LogP contribution in [-0.2, 0) is 9.47 Å². The summed E-state index contributed by atoms with van der Waals surface area (Å²) in [6.45, 7) is 17.5. The second kappa shape index (κ2) is 5.57. The molecule has 0 amide bonds. The van der Waals surface area contributed by atoms with Crippen LogP contribution in [0.15, 0.2) is 12.4 Å². The summed E-state index contributed by atoms with van der Waals surface area (Å²) >= 11 is 0. The Morgan fingerprint density at radius 2 is 1.35 bits per heavy atom. The minimum atomic E-state index is -0.718. The van der Waals surface area contributed by atoms with Crippen LogP contribution in [0.3, 0.4) is 0 Å². The molecule has 0 aromatic carbocycles. The summed E-state index contributed by atoms with van der Waals surface area (Å²) in [6, 6.07) is 0. The van der Waals surface area contributed by atoms with Crippen molar-refractivity contribution in [2.45, 2.75) is 78.5 Å². The van der Waals surface area contributed by atoms with Crippen molar-refractivity contribution in [3.63, 3.8) is 0 Å². The Morgan fingerprint density at radius 3 is 1.70 bits per heavy atom. The highest BCUT2D eigenvalue weighted by Gasteiger charge is 2.47. The third kappa shape index (κ3) is 4.38. The molecule has 20 heavy (non-hydrogen) atoms. The molecular weight excluding hydrogens is 252 g/mol. The highest BCUT2D eigenvalue weighted by molar-refractivity contribution is 5.01. The molecule has 0 aromatic heterocycles. The number of nitrogens with zero attached hydrogens (tertiary/aromatic N) is 2. The second-order valence-electron chi connectivity index (χ2n) is 7.61. The van der Waals surface area contributed by atoms with Gasteiger partial charge in [0.25, 0.3) is 0 Å². The summed E-state index contributed by atoms with van der Waals surface area (Å²) in [7, 11) is 2.06. The zero-order chi connectivity index (χ0) is 15.8. The van der Waals surface area contributed by atoms with Gasteiger partial charge in [0.2, 0.25) is 5.79 Å². The van der Waals surface area contributed by atoms with Crippen LogP contribution in [0.1, 0.15) is 55.4 Å². The van der Waals surface area contributed by atoms with Crippen LogP contribution in [0.25, 0.3) is 0 Å². The van der Waals surface area contributed by atoms with Crippen molar-refractivity contribution in [3.05, 3.63) is 12.4 Å². The lowest BCUT2D eigenvalue weighted by atomic mass is 10.1. The third-order valence-electron chi connectivity index (χ3n) is 3.05. The van der Waals surface area contributed by atoms with Crippen LogP contribution in [0.4, 0.5) is 0 Å². The molecule has 0 N–H and O–H groups in total. The molecular formula is C16H32N2O2. The average Bonchev–Trinajstić information content (AvgIpc) is 2.53. The Bertz CT molecular complexity index is 336. The maximum atomic E-state index is 6.34. The summed E-state index contributed by atoms with van der Waals surface area (Å²) in [6.07, 6.45) is 4.21. The van der Waals surface area contributed by atoms with E-state index in [-0.39, 0.29) is 17.4 Å². The van der Waals surface area contributed by atoms with E-state index < -0.39 is 5.79 Å². The number of likely N-dealkylation sites (N-methyl/N-ethyl adjacent to an activating group) is 2. The molecule has 0 saturated heterocycles. The van der Waals surface area contributed by atoms with Crippen LogP contribution in [-0.4, -0.2) is 46.5 Å². The first-order valence-electron chi connectivity index (χ1n) is 7.44. The Labute approximate surface area is 124 Å². The van der Waals surface area contributed by atoms with Crippen molar-refractivity contribution in [3.8, 4) is 0 Å². The van der Waals surface area contributed by atoms with E-state index >= 15 is 0 Å². The largest absolute Gasteiger partial charge is 0.355 e. The predicted octanol–water partition coefficient (Wildman–Crippen LogP) is 3.40. The molecule has 4 nitrogen and oxygen atoms in total. The standard InChI is InChI=1S/C16H32N2O2/c1-10-18-12-11-17(9)13(18)16(8,19-14(2,3)4)20-15(5,6)7/h11-13H,10H2,1-9H3. The van der Waals surface area contributed by atoms with E-state index in [1.54, 1.807) is 0 Å². The molecule has 0 aliphatic carbocycles. The van der Waals surface area contributed by atoms with Gasteiger partial charge in [-0.1, -0.05) is 0 Å². The minimum absolute atomic E-state index is 0.0333. The Morgan fingerprint density at radius 1 is 0.900 bits per heavy atom. The number of hydrogen-bond donors (Lipinski definition) is 0. The summed E-state index contributed by atoms with van der Waals surface area (Å²) in [5.41, 5.74) is -0.550. The molecule has 0 aromatic rings. The van der Waals surface area contributed by atoms with Gasteiger partial charge in [0, 0.05) is 26.0 Å². The average molecular weight is 284 g/mol. The Kier molecular flexibility index (Phi) is 4.82. The highest BCUT2D eigenvalue weighted by atomic mass is 16.7. The van der Waals surface area contributed by atoms with E-state index in [0.29, 0.717) is 0 Å². The predicted molar refractivity (Wildman–Crippen MR) is 83.2 cm³/mol. The van der Waals surface area contributed by atoms with Crippen molar-refractivity contribution < 1.29 is 9.47 Å². The van der Waals surface area contributed by atoms with E-state index in [0.717, 1.165) is 6.54 Å². The van der Waals surface area contributed by atoms with E-state index in [1.807, 2.05) is 6.92 Å². The molecule has 118 valence electrons. The van der Waals surface area contributed by atoms with Crippen LogP contribution >= 0.6 is 0 Å². The van der Waals surface area contributed by atoms with Gasteiger partial charge in [0.1, 0.15) is 0 Å². The van der Waals surface area contributed by atoms with Gasteiger partial charge in [0.15, 0.2) is 6.17 Å². The molecule has 0 radical (unpaired) electrons. The van der Waals surface area contributed by atoms with Crippen molar-refractivity contribution in [1.29, 1.82) is 0 Å². The van der Waals surface area contributed by atoms with Crippen molar-refractivity contribution >= 4 is 0 Å². The number of rotatable bonds is 4. The topological polar surface area (TPSA) is 24.9 Å². The molecule has 0 spiro atoms. The summed E-state index contributed by atoms with van der Waals surface area (Å²) in [5, 5.41) is 0. The fraction of sp³-hybridized carbons (Fsp3) is 0.875. The lowest BCUT2D eigenvalue weighted by Gasteiger charge is -2.48. The highest BCUT2D eigenvalue weighted by Crippen LogP contribution is 2.35. The Hall–Kier alpha value is -0.740. The van der Waals surface area contributed by atoms with Gasteiger partial charge >= 0.3 is 0 Å². The van der Waals surface area contributed by atoms with Crippen molar-refractivity contribution in [2.24, 2.45) is 0 Å². The van der Waals surface area contributed by atoms with Gasteiger partial charge in [-0.25, -0.2) is 0 Å². The summed E-state index contributed by atoms with van der Waals surface area (Å²) in [4.78, 5) is 4.40. The number of hydrogen-bond acceptors (Lipinski definition) is 4. The molecule has 1 atom stereocenters. The lowest BCUT2D eigenvalue weighted by Crippen LogP contribution is -2.60. The van der Waals surface area contributed by atoms with Crippen LogP contribution in [0, 0.1) is 0 Å². The molecule has 1 heterocycles. The lowest BCUT2D eigenvalue weighted by molar-refractivity contribution is -0.334. The van der Waals surface area contributed by atoms with Crippen molar-refractivity contribution in [2.75, 3.05) is 13.6 Å². The van der Waals surface area contributed by atoms with E-state index in [2.05, 4.69) is 77.7 Å². The summed E-state index contributed by atoms with van der Waals surface area (Å²) < 4.78 is 12.7. The van der Waals surface area contributed by atoms with Crippen LogP contribution in [0.5, 0.6) is 0 Å². The quantitative estimate of drug-likeness (QED) is 0.739. The first-order chi connectivity index (χ1) is 8.88. The fourth-order valence-corrected chi connectivity index (χ4v) is 2.88. The normalized spacial score (nSPS) is 20.9. The zero-order valence-corrected chi connectivity index (χ0v) is 14.7. The van der Waals surface area contributed by atoms with E-state index in [4.69, 9.17) is 9.47 Å². The van der Waals surface area contributed by atoms with Crippen LogP contribution < -0.4 is 0 Å². The maximum Gasteiger partial charge on any atom is 0.206 e. The fourth-order valence-electron chi connectivity index (χ4n) is 2.88. The molecule has 4 heteroatoms. The third-order valence-corrected chi connectivity index (χ3v) is 3.05. The summed E-state index contributed by atoms with van der Waals surface area (Å²) in [5.74, 6) is -0.718. The first-order valence-corrected chi connectivity index (χ1v) is 7.44. The molecule has 0 saturated carbocycles. The molecule has 0 bridgehead atoms. The van der Waals surface area contributed by atoms with E-state index in [1.165, 1.54) is 0 Å². The minimum Gasteiger partial charge on any atom is -0.355 e. The van der Waals surface area contributed by atoms with Crippen molar-refractivity contribution in [1.82, 2.24) is 9.80 Å². The molecule has 1 rings (SSSR count). The molecule has 1 aliphatic heterocycles. The molecule has 0 fully saturated rings. The number of ether oxygens (including phenoxy) is 2. The monoisotopic (exact) mass is 284 g/mol. The van der Waals surface area contributed by atoms with Gasteiger partial charge in [-0.05, 0) is 55.4 Å². The maximum absolute atomic E-state index is 6.34.